The van der Waals surface area contributed by atoms with Crippen LogP contribution in [-0.2, 0) is 4.74 Å². The largest absolute Gasteiger partial charge is 0.461 e. The molecule has 0 radical (unpaired) electrons. The highest BCUT2D eigenvalue weighted by Crippen LogP contribution is 2.11. The van der Waals surface area contributed by atoms with E-state index in [1.54, 1.807) is 12.1 Å². The fourth-order valence-corrected chi connectivity index (χ4v) is 3.18. The summed E-state index contributed by atoms with van der Waals surface area (Å²) in [6, 6.07) is 9.22. The molecule has 0 aromatic heterocycles. The van der Waals surface area contributed by atoms with Gasteiger partial charge >= 0.3 is 5.97 Å². The summed E-state index contributed by atoms with van der Waals surface area (Å²) < 4.78 is 5.38. The van der Waals surface area contributed by atoms with E-state index in [2.05, 4.69) is 18.7 Å². The molecule has 0 N–H and O–H groups in total. The van der Waals surface area contributed by atoms with Crippen molar-refractivity contribution in [3.63, 3.8) is 0 Å². The van der Waals surface area contributed by atoms with Crippen molar-refractivity contribution in [2.45, 2.75) is 78.1 Å². The molecule has 3 nitrogen and oxygen atoms in total. The van der Waals surface area contributed by atoms with E-state index < -0.39 is 0 Å². The molecule has 0 atom stereocenters. The number of esters is 1. The molecule has 0 amide bonds. The number of benzene rings is 1. The quantitative estimate of drug-likeness (QED) is 0.264. The van der Waals surface area contributed by atoms with Crippen molar-refractivity contribution in [1.82, 2.24) is 4.90 Å². The lowest BCUT2D eigenvalue weighted by molar-refractivity contribution is 0.0463. The summed E-state index contributed by atoms with van der Waals surface area (Å²) in [5.41, 5.74) is 0.630. The summed E-state index contributed by atoms with van der Waals surface area (Å²) in [4.78, 5) is 14.3. The van der Waals surface area contributed by atoms with Gasteiger partial charge in [-0.25, -0.2) is 4.79 Å². The average Bonchev–Trinajstić information content (AvgIpc) is 2.68. The molecule has 0 aliphatic heterocycles. The Labute approximate surface area is 161 Å². The smallest absolute Gasteiger partial charge is 0.338 e. The number of rotatable bonds is 16. The first-order valence-corrected chi connectivity index (χ1v) is 10.7. The van der Waals surface area contributed by atoms with Gasteiger partial charge in [-0.2, -0.15) is 0 Å². The summed E-state index contributed by atoms with van der Waals surface area (Å²) in [6.45, 7) is 7.87. The highest BCUT2D eigenvalue weighted by atomic mass is 16.5. The highest BCUT2D eigenvalue weighted by Gasteiger charge is 2.07. The molecule has 0 unspecified atom stereocenters. The van der Waals surface area contributed by atoms with E-state index in [0.717, 1.165) is 19.6 Å². The number of likely N-dealkylation sites (N-methyl/N-ethyl adjacent to an activating group) is 1. The Morgan fingerprint density at radius 1 is 0.808 bits per heavy atom. The molecule has 0 heterocycles. The minimum atomic E-state index is -0.222. The number of carbonyl (C=O) groups excluding carboxylic acids is 1. The second kappa shape index (κ2) is 15.9. The van der Waals surface area contributed by atoms with Crippen LogP contribution < -0.4 is 0 Å². The summed E-state index contributed by atoms with van der Waals surface area (Å²) in [5.74, 6) is -0.222. The molecule has 0 spiro atoms. The molecular formula is C23H39NO2. The fraction of sp³-hybridized carbons (Fsp3) is 0.696. The Bertz CT molecular complexity index is 447. The molecule has 0 aliphatic carbocycles. The third-order valence-electron chi connectivity index (χ3n) is 4.93. The average molecular weight is 362 g/mol. The molecule has 1 rings (SSSR count). The van der Waals surface area contributed by atoms with Gasteiger partial charge in [-0.3, -0.25) is 0 Å². The first kappa shape index (κ1) is 22.7. The molecule has 3 heteroatoms. The van der Waals surface area contributed by atoms with Crippen molar-refractivity contribution in [2.75, 3.05) is 26.2 Å². The number of unbranched alkanes of at least 4 members (excludes halogenated alkanes) is 9. The van der Waals surface area contributed by atoms with Gasteiger partial charge in [-0.15, -0.1) is 0 Å². The van der Waals surface area contributed by atoms with Crippen molar-refractivity contribution in [3.8, 4) is 0 Å². The van der Waals surface area contributed by atoms with Crippen LogP contribution in [0.5, 0.6) is 0 Å². The predicted octanol–water partition coefficient (Wildman–Crippen LogP) is 6.09. The van der Waals surface area contributed by atoms with Gasteiger partial charge < -0.3 is 9.64 Å². The van der Waals surface area contributed by atoms with Crippen LogP contribution in [0.4, 0.5) is 0 Å². The molecule has 0 aliphatic rings. The Balaban J connectivity index is 1.99. The number of nitrogens with zero attached hydrogens (tertiary/aromatic N) is 1. The molecule has 0 saturated carbocycles. The molecule has 1 aromatic carbocycles. The zero-order valence-electron chi connectivity index (χ0n) is 17.0. The van der Waals surface area contributed by atoms with Crippen LogP contribution >= 0.6 is 0 Å². The fourth-order valence-electron chi connectivity index (χ4n) is 3.18. The monoisotopic (exact) mass is 361 g/mol. The van der Waals surface area contributed by atoms with E-state index in [1.165, 1.54) is 64.2 Å². The summed E-state index contributed by atoms with van der Waals surface area (Å²) >= 11 is 0. The Hall–Kier alpha value is -1.35. The zero-order chi connectivity index (χ0) is 18.9. The van der Waals surface area contributed by atoms with Crippen LogP contribution in [0.1, 0.15) is 88.4 Å². The molecular weight excluding hydrogens is 322 g/mol. The van der Waals surface area contributed by atoms with Crippen LogP contribution in [0, 0.1) is 0 Å². The predicted molar refractivity (Wildman–Crippen MR) is 111 cm³/mol. The minimum absolute atomic E-state index is 0.222. The third kappa shape index (κ3) is 11.3. The molecule has 26 heavy (non-hydrogen) atoms. The van der Waals surface area contributed by atoms with Crippen LogP contribution in [0.25, 0.3) is 0 Å². The maximum Gasteiger partial charge on any atom is 0.338 e. The standard InChI is InChI=1S/C23H39NO2/c1-3-5-6-7-8-9-10-11-12-16-19-24(4-2)20-21-26-23(25)22-17-14-13-15-18-22/h13-15,17-18H,3-12,16,19-21H2,1-2H3. The van der Waals surface area contributed by atoms with Crippen LogP contribution in [0.3, 0.4) is 0 Å². The topological polar surface area (TPSA) is 29.5 Å². The van der Waals surface area contributed by atoms with E-state index in [4.69, 9.17) is 4.74 Å². The Morgan fingerprint density at radius 3 is 1.96 bits per heavy atom. The van der Waals surface area contributed by atoms with E-state index >= 15 is 0 Å². The Morgan fingerprint density at radius 2 is 1.38 bits per heavy atom. The van der Waals surface area contributed by atoms with Gasteiger partial charge in [0.25, 0.3) is 0 Å². The van der Waals surface area contributed by atoms with Gasteiger partial charge in [0.15, 0.2) is 0 Å². The maximum absolute atomic E-state index is 11.9. The first-order chi connectivity index (χ1) is 12.8. The van der Waals surface area contributed by atoms with E-state index in [-0.39, 0.29) is 5.97 Å². The van der Waals surface area contributed by atoms with Gasteiger partial charge in [0.1, 0.15) is 6.61 Å². The van der Waals surface area contributed by atoms with Crippen molar-refractivity contribution in [3.05, 3.63) is 35.9 Å². The number of hydrogen-bond acceptors (Lipinski definition) is 3. The lowest BCUT2D eigenvalue weighted by atomic mass is 10.1. The third-order valence-corrected chi connectivity index (χ3v) is 4.93. The summed E-state index contributed by atoms with van der Waals surface area (Å²) in [5, 5.41) is 0. The number of carbonyl (C=O) groups is 1. The van der Waals surface area contributed by atoms with Crippen molar-refractivity contribution < 1.29 is 9.53 Å². The molecule has 0 fully saturated rings. The maximum atomic E-state index is 11.9. The van der Waals surface area contributed by atoms with E-state index in [1.807, 2.05) is 18.2 Å². The van der Waals surface area contributed by atoms with Crippen molar-refractivity contribution in [1.29, 1.82) is 0 Å². The number of hydrogen-bond donors (Lipinski definition) is 0. The van der Waals surface area contributed by atoms with E-state index in [9.17, 15) is 4.79 Å². The SMILES string of the molecule is CCCCCCCCCCCCN(CC)CCOC(=O)c1ccccc1. The molecule has 148 valence electrons. The van der Waals surface area contributed by atoms with E-state index in [0.29, 0.717) is 12.2 Å². The molecule has 0 bridgehead atoms. The summed E-state index contributed by atoms with van der Waals surface area (Å²) in [6.07, 6.45) is 13.7. The van der Waals surface area contributed by atoms with Crippen LogP contribution in [0.15, 0.2) is 30.3 Å². The Kier molecular flexibility index (Phi) is 13.8. The second-order valence-corrected chi connectivity index (χ2v) is 7.12. The second-order valence-electron chi connectivity index (χ2n) is 7.12. The lowest BCUT2D eigenvalue weighted by Gasteiger charge is -2.20. The van der Waals surface area contributed by atoms with Gasteiger partial charge in [0.05, 0.1) is 5.56 Å². The normalized spacial score (nSPS) is 11.0. The minimum Gasteiger partial charge on any atom is -0.461 e. The lowest BCUT2D eigenvalue weighted by Crippen LogP contribution is -2.29. The van der Waals surface area contributed by atoms with Crippen molar-refractivity contribution >= 4 is 5.97 Å². The van der Waals surface area contributed by atoms with Gasteiger partial charge in [0.2, 0.25) is 0 Å². The van der Waals surface area contributed by atoms with Crippen molar-refractivity contribution in [2.24, 2.45) is 0 Å². The number of ether oxygens (including phenoxy) is 1. The van der Waals surface area contributed by atoms with Gasteiger partial charge in [-0.05, 0) is 31.6 Å². The van der Waals surface area contributed by atoms with Crippen LogP contribution in [0.2, 0.25) is 0 Å². The zero-order valence-corrected chi connectivity index (χ0v) is 17.0. The highest BCUT2D eigenvalue weighted by molar-refractivity contribution is 5.89. The van der Waals surface area contributed by atoms with Crippen LogP contribution in [-0.4, -0.2) is 37.1 Å². The molecule has 1 aromatic rings. The first-order valence-electron chi connectivity index (χ1n) is 10.7. The van der Waals surface area contributed by atoms with Gasteiger partial charge in [-0.1, -0.05) is 89.8 Å². The van der Waals surface area contributed by atoms with Gasteiger partial charge in [0, 0.05) is 6.54 Å². The molecule has 0 saturated heterocycles. The summed E-state index contributed by atoms with van der Waals surface area (Å²) in [7, 11) is 0.